The summed E-state index contributed by atoms with van der Waals surface area (Å²) in [5, 5.41) is 6.78. The molecule has 0 saturated heterocycles. The van der Waals surface area contributed by atoms with Crippen LogP contribution in [0.3, 0.4) is 0 Å². The Morgan fingerprint density at radius 1 is 1.23 bits per heavy atom. The topological polar surface area (TPSA) is 67.2 Å². The maximum absolute atomic E-state index is 14.3. The second-order valence-electron chi connectivity index (χ2n) is 7.56. The minimum atomic E-state index is -0.556. The van der Waals surface area contributed by atoms with Crippen LogP contribution in [0, 0.1) is 12.7 Å². The van der Waals surface area contributed by atoms with Crippen molar-refractivity contribution in [3.8, 4) is 0 Å². The second kappa shape index (κ2) is 7.74. The summed E-state index contributed by atoms with van der Waals surface area (Å²) in [4.78, 5) is 26.5. The largest absolute Gasteiger partial charge is 0.355 e. The van der Waals surface area contributed by atoms with E-state index in [0.717, 1.165) is 28.7 Å². The highest BCUT2D eigenvalue weighted by Gasteiger charge is 2.27. The first-order valence-corrected chi connectivity index (χ1v) is 9.82. The molecule has 6 nitrogen and oxygen atoms in total. The van der Waals surface area contributed by atoms with Gasteiger partial charge < -0.3 is 5.32 Å². The molecule has 2 heterocycles. The lowest BCUT2D eigenvalue weighted by atomic mass is 9.90. The van der Waals surface area contributed by atoms with Gasteiger partial charge in [-0.1, -0.05) is 12.1 Å². The smallest absolute Gasteiger partial charge is 0.259 e. The Kier molecular flexibility index (Phi) is 5.11. The zero-order valence-corrected chi connectivity index (χ0v) is 17.2. The van der Waals surface area contributed by atoms with E-state index in [2.05, 4.69) is 10.4 Å². The van der Waals surface area contributed by atoms with Gasteiger partial charge in [-0.2, -0.15) is 5.10 Å². The third kappa shape index (κ3) is 3.58. The van der Waals surface area contributed by atoms with Gasteiger partial charge in [-0.05, 0) is 60.2 Å². The van der Waals surface area contributed by atoms with E-state index in [-0.39, 0.29) is 11.5 Å². The molecule has 154 valence electrons. The number of aryl methyl sites for hydroxylation is 2. The standard InChI is InChI=1S/C23H23FN4O2/c1-14-10-16-6-9-28(21-7-8-27(3)26-21)23(30)19(16)13-17(14)11-15-4-5-18(20(24)12-15)22(29)25-2/h4-5,7-8,10,12-13H,6,9,11H2,1-3H3,(H,25,29). The molecule has 1 aliphatic rings. The molecule has 30 heavy (non-hydrogen) atoms. The number of rotatable bonds is 4. The monoisotopic (exact) mass is 406 g/mol. The van der Waals surface area contributed by atoms with Crippen LogP contribution in [0.4, 0.5) is 10.2 Å². The first kappa shape index (κ1) is 19.8. The summed E-state index contributed by atoms with van der Waals surface area (Å²) >= 11 is 0. The van der Waals surface area contributed by atoms with Crippen molar-refractivity contribution in [2.24, 2.45) is 7.05 Å². The van der Waals surface area contributed by atoms with Gasteiger partial charge in [0.25, 0.3) is 11.8 Å². The van der Waals surface area contributed by atoms with E-state index < -0.39 is 11.7 Å². The highest BCUT2D eigenvalue weighted by molar-refractivity contribution is 6.07. The Morgan fingerprint density at radius 3 is 2.70 bits per heavy atom. The van der Waals surface area contributed by atoms with Gasteiger partial charge in [0.15, 0.2) is 5.82 Å². The van der Waals surface area contributed by atoms with Gasteiger partial charge in [-0.25, -0.2) is 4.39 Å². The molecule has 7 heteroatoms. The quantitative estimate of drug-likeness (QED) is 0.724. The average molecular weight is 406 g/mol. The maximum atomic E-state index is 14.3. The van der Waals surface area contributed by atoms with Crippen LogP contribution in [0.25, 0.3) is 0 Å². The molecule has 2 aromatic carbocycles. The van der Waals surface area contributed by atoms with E-state index in [4.69, 9.17) is 0 Å². The number of carbonyl (C=O) groups excluding carboxylic acids is 2. The van der Waals surface area contributed by atoms with E-state index >= 15 is 0 Å². The predicted molar refractivity (Wildman–Crippen MR) is 112 cm³/mol. The Hall–Kier alpha value is -3.48. The Labute approximate surface area is 174 Å². The van der Waals surface area contributed by atoms with Crippen molar-refractivity contribution in [3.63, 3.8) is 0 Å². The van der Waals surface area contributed by atoms with Gasteiger partial charge in [0.2, 0.25) is 0 Å². The third-order valence-electron chi connectivity index (χ3n) is 5.52. The number of carbonyl (C=O) groups is 2. The number of nitrogens with zero attached hydrogens (tertiary/aromatic N) is 3. The second-order valence-corrected chi connectivity index (χ2v) is 7.56. The zero-order chi connectivity index (χ0) is 21.4. The van der Waals surface area contributed by atoms with Crippen LogP contribution < -0.4 is 10.2 Å². The van der Waals surface area contributed by atoms with Crippen LogP contribution in [0.1, 0.15) is 43.0 Å². The molecular formula is C23H23FN4O2. The SMILES string of the molecule is CNC(=O)c1ccc(Cc2cc3c(cc2C)CCN(c2ccn(C)n2)C3=O)cc1F. The number of amides is 2. The van der Waals surface area contributed by atoms with E-state index in [9.17, 15) is 14.0 Å². The summed E-state index contributed by atoms with van der Waals surface area (Å²) in [5.41, 5.74) is 4.46. The first-order valence-electron chi connectivity index (χ1n) is 9.82. The molecule has 0 fully saturated rings. The molecule has 0 bridgehead atoms. The van der Waals surface area contributed by atoms with Crippen molar-refractivity contribution >= 4 is 17.6 Å². The third-order valence-corrected chi connectivity index (χ3v) is 5.52. The Morgan fingerprint density at radius 2 is 2.03 bits per heavy atom. The normalized spacial score (nSPS) is 13.3. The zero-order valence-electron chi connectivity index (χ0n) is 17.2. The summed E-state index contributed by atoms with van der Waals surface area (Å²) < 4.78 is 16.0. The number of hydrogen-bond donors (Lipinski definition) is 1. The van der Waals surface area contributed by atoms with Gasteiger partial charge in [0, 0.05) is 38.5 Å². The lowest BCUT2D eigenvalue weighted by Gasteiger charge is -2.28. The number of fused-ring (bicyclic) bond motifs is 1. The molecule has 0 aliphatic carbocycles. The fourth-order valence-electron chi connectivity index (χ4n) is 3.86. The minimum absolute atomic E-state index is 0.0181. The molecule has 4 rings (SSSR count). The minimum Gasteiger partial charge on any atom is -0.355 e. The van der Waals surface area contributed by atoms with Crippen LogP contribution in [0.5, 0.6) is 0 Å². The summed E-state index contributed by atoms with van der Waals surface area (Å²) in [6.07, 6.45) is 3.05. The lowest BCUT2D eigenvalue weighted by Crippen LogP contribution is -2.38. The van der Waals surface area contributed by atoms with Crippen molar-refractivity contribution in [2.75, 3.05) is 18.5 Å². The Balaban J connectivity index is 1.64. The van der Waals surface area contributed by atoms with E-state index in [1.165, 1.54) is 19.2 Å². The van der Waals surface area contributed by atoms with E-state index in [1.807, 2.05) is 38.4 Å². The highest BCUT2D eigenvalue weighted by Crippen LogP contribution is 2.27. The maximum Gasteiger partial charge on any atom is 0.259 e. The van der Waals surface area contributed by atoms with Gasteiger partial charge in [0.05, 0.1) is 5.56 Å². The number of aromatic nitrogens is 2. The molecule has 1 N–H and O–H groups in total. The van der Waals surface area contributed by atoms with Gasteiger partial charge >= 0.3 is 0 Å². The fraction of sp³-hybridized carbons (Fsp3) is 0.261. The van der Waals surface area contributed by atoms with Crippen molar-refractivity contribution in [1.29, 1.82) is 0 Å². The summed E-state index contributed by atoms with van der Waals surface area (Å²) in [6, 6.07) is 10.4. The van der Waals surface area contributed by atoms with Crippen molar-refractivity contribution in [3.05, 3.63) is 81.8 Å². The molecular weight excluding hydrogens is 383 g/mol. The van der Waals surface area contributed by atoms with Crippen LogP contribution in [0.2, 0.25) is 0 Å². The number of benzene rings is 2. The summed E-state index contributed by atoms with van der Waals surface area (Å²) in [5.74, 6) is -0.441. The van der Waals surface area contributed by atoms with Crippen LogP contribution in [-0.4, -0.2) is 35.2 Å². The molecule has 0 spiro atoms. The summed E-state index contributed by atoms with van der Waals surface area (Å²) in [6.45, 7) is 2.59. The average Bonchev–Trinajstić information content (AvgIpc) is 3.15. The first-order chi connectivity index (χ1) is 14.4. The van der Waals surface area contributed by atoms with Gasteiger partial charge in [-0.3, -0.25) is 19.2 Å². The number of nitrogens with one attached hydrogen (secondary N) is 1. The summed E-state index contributed by atoms with van der Waals surface area (Å²) in [7, 11) is 3.29. The molecule has 3 aromatic rings. The molecule has 0 unspecified atom stereocenters. The lowest BCUT2D eigenvalue weighted by molar-refractivity contribution is 0.0956. The van der Waals surface area contributed by atoms with Gasteiger partial charge in [-0.15, -0.1) is 0 Å². The van der Waals surface area contributed by atoms with Crippen LogP contribution in [-0.2, 0) is 19.9 Å². The molecule has 2 amide bonds. The van der Waals surface area contributed by atoms with Crippen LogP contribution in [0.15, 0.2) is 42.6 Å². The highest BCUT2D eigenvalue weighted by atomic mass is 19.1. The molecule has 1 aromatic heterocycles. The van der Waals surface area contributed by atoms with Crippen molar-refractivity contribution in [1.82, 2.24) is 15.1 Å². The van der Waals surface area contributed by atoms with Crippen molar-refractivity contribution < 1.29 is 14.0 Å². The van der Waals surface area contributed by atoms with Gasteiger partial charge in [0.1, 0.15) is 5.82 Å². The van der Waals surface area contributed by atoms with E-state index in [1.54, 1.807) is 15.6 Å². The fourth-order valence-corrected chi connectivity index (χ4v) is 3.86. The van der Waals surface area contributed by atoms with Crippen molar-refractivity contribution in [2.45, 2.75) is 19.8 Å². The van der Waals surface area contributed by atoms with E-state index in [0.29, 0.717) is 24.3 Å². The molecule has 0 saturated carbocycles. The number of halogens is 1. The molecule has 0 radical (unpaired) electrons. The number of anilines is 1. The molecule has 1 aliphatic heterocycles. The molecule has 0 atom stereocenters. The Bertz CT molecular complexity index is 1150. The van der Waals surface area contributed by atoms with Crippen LogP contribution >= 0.6 is 0 Å². The number of hydrogen-bond acceptors (Lipinski definition) is 3. The predicted octanol–water partition coefficient (Wildman–Crippen LogP) is 3.02.